The maximum atomic E-state index is 12.4. The van der Waals surface area contributed by atoms with E-state index in [9.17, 15) is 13.5 Å². The monoisotopic (exact) mass is 272 g/mol. The summed E-state index contributed by atoms with van der Waals surface area (Å²) in [4.78, 5) is 0.111. The van der Waals surface area contributed by atoms with Crippen LogP contribution >= 0.6 is 0 Å². The number of phenolic OH excluding ortho intramolecular Hbond substituents is 1. The third kappa shape index (κ3) is 3.14. The first-order valence-corrected chi connectivity index (χ1v) is 7.31. The van der Waals surface area contributed by atoms with Gasteiger partial charge in [-0.2, -0.15) is 4.31 Å². The first kappa shape index (κ1) is 14.8. The molecule has 1 aromatic rings. The van der Waals surface area contributed by atoms with Crippen LogP contribution in [0.3, 0.4) is 0 Å². The largest absolute Gasteiger partial charge is 0.506 e. The molecule has 0 saturated heterocycles. The van der Waals surface area contributed by atoms with E-state index in [1.807, 2.05) is 13.8 Å². The molecule has 0 aliphatic rings. The molecule has 0 bridgehead atoms. The fourth-order valence-corrected chi connectivity index (χ4v) is 3.29. The molecule has 0 aliphatic heterocycles. The Balaban J connectivity index is 3.14. The number of nitrogens with two attached hydrogens (primary N) is 1. The third-order valence-electron chi connectivity index (χ3n) is 2.56. The van der Waals surface area contributed by atoms with E-state index in [0.717, 1.165) is 0 Å². The highest BCUT2D eigenvalue weighted by Gasteiger charge is 2.24. The summed E-state index contributed by atoms with van der Waals surface area (Å²) in [6.07, 6.45) is 0. The van der Waals surface area contributed by atoms with Crippen molar-refractivity contribution in [3.63, 3.8) is 0 Å². The molecule has 0 amide bonds. The van der Waals surface area contributed by atoms with Crippen molar-refractivity contribution in [3.05, 3.63) is 18.2 Å². The van der Waals surface area contributed by atoms with E-state index in [4.69, 9.17) is 5.73 Å². The van der Waals surface area contributed by atoms with Crippen molar-refractivity contribution in [2.45, 2.75) is 25.7 Å². The number of rotatable bonds is 5. The molecule has 0 saturated carbocycles. The lowest BCUT2D eigenvalue weighted by molar-refractivity contribution is 0.381. The van der Waals surface area contributed by atoms with Crippen molar-refractivity contribution in [1.29, 1.82) is 0 Å². The molecule has 102 valence electrons. The van der Waals surface area contributed by atoms with Gasteiger partial charge in [0.25, 0.3) is 0 Å². The summed E-state index contributed by atoms with van der Waals surface area (Å²) in [5, 5.41) is 9.32. The minimum Gasteiger partial charge on any atom is -0.506 e. The Kier molecular flexibility index (Phi) is 4.59. The van der Waals surface area contributed by atoms with Gasteiger partial charge in [-0.25, -0.2) is 8.42 Å². The summed E-state index contributed by atoms with van der Waals surface area (Å²) in [6, 6.07) is 3.95. The zero-order chi connectivity index (χ0) is 13.9. The topological polar surface area (TPSA) is 83.6 Å². The molecule has 5 nitrogen and oxygen atoms in total. The Hall–Kier alpha value is -1.27. The smallest absolute Gasteiger partial charge is 0.243 e. The molecule has 0 spiro atoms. The van der Waals surface area contributed by atoms with Crippen LogP contribution < -0.4 is 5.73 Å². The molecule has 3 N–H and O–H groups in total. The van der Waals surface area contributed by atoms with Crippen molar-refractivity contribution in [1.82, 2.24) is 4.31 Å². The Labute approximate surface area is 108 Å². The third-order valence-corrected chi connectivity index (χ3v) is 4.50. The highest BCUT2D eigenvalue weighted by molar-refractivity contribution is 7.89. The maximum Gasteiger partial charge on any atom is 0.243 e. The molecule has 0 aromatic heterocycles. The fourth-order valence-electron chi connectivity index (χ4n) is 1.65. The highest BCUT2D eigenvalue weighted by Crippen LogP contribution is 2.25. The quantitative estimate of drug-likeness (QED) is 0.630. The number of hydrogen-bond donors (Lipinski definition) is 2. The Morgan fingerprint density at radius 3 is 2.44 bits per heavy atom. The van der Waals surface area contributed by atoms with Gasteiger partial charge in [0.15, 0.2) is 0 Å². The highest BCUT2D eigenvalue weighted by atomic mass is 32.2. The van der Waals surface area contributed by atoms with Crippen LogP contribution in [0.2, 0.25) is 0 Å². The summed E-state index contributed by atoms with van der Waals surface area (Å²) < 4.78 is 26.1. The van der Waals surface area contributed by atoms with E-state index in [0.29, 0.717) is 13.1 Å². The number of anilines is 1. The van der Waals surface area contributed by atoms with Crippen LogP contribution in [-0.4, -0.2) is 30.9 Å². The number of hydrogen-bond acceptors (Lipinski definition) is 4. The molecule has 0 heterocycles. The second-order valence-corrected chi connectivity index (χ2v) is 6.51. The van der Waals surface area contributed by atoms with Crippen LogP contribution in [0.4, 0.5) is 5.69 Å². The second-order valence-electron chi connectivity index (χ2n) is 4.57. The number of nitrogen functional groups attached to an aromatic ring is 1. The van der Waals surface area contributed by atoms with Crippen molar-refractivity contribution in [2.24, 2.45) is 5.92 Å². The minimum absolute atomic E-state index is 0.0664. The van der Waals surface area contributed by atoms with Gasteiger partial charge in [0.1, 0.15) is 5.75 Å². The van der Waals surface area contributed by atoms with Crippen LogP contribution in [0.5, 0.6) is 5.75 Å². The van der Waals surface area contributed by atoms with Gasteiger partial charge in [-0.05, 0) is 24.1 Å². The molecule has 18 heavy (non-hydrogen) atoms. The van der Waals surface area contributed by atoms with Gasteiger partial charge >= 0.3 is 0 Å². The average Bonchev–Trinajstić information content (AvgIpc) is 2.28. The van der Waals surface area contributed by atoms with E-state index in [2.05, 4.69) is 0 Å². The Morgan fingerprint density at radius 1 is 1.39 bits per heavy atom. The lowest BCUT2D eigenvalue weighted by atomic mass is 10.2. The van der Waals surface area contributed by atoms with E-state index >= 15 is 0 Å². The summed E-state index contributed by atoms with van der Waals surface area (Å²) >= 11 is 0. The molecule has 0 atom stereocenters. The summed E-state index contributed by atoms with van der Waals surface area (Å²) in [5.74, 6) is 0.134. The molecule has 1 rings (SSSR count). The van der Waals surface area contributed by atoms with E-state index in [1.54, 1.807) is 6.92 Å². The van der Waals surface area contributed by atoms with Gasteiger partial charge in [0.05, 0.1) is 10.6 Å². The van der Waals surface area contributed by atoms with Gasteiger partial charge in [0, 0.05) is 13.1 Å². The second kappa shape index (κ2) is 5.58. The van der Waals surface area contributed by atoms with Crippen LogP contribution in [0.1, 0.15) is 20.8 Å². The van der Waals surface area contributed by atoms with Crippen LogP contribution in [0.15, 0.2) is 23.1 Å². The Bertz CT molecular complexity index is 512. The molecule has 0 aliphatic carbocycles. The molecular formula is C12H20N2O3S. The van der Waals surface area contributed by atoms with Gasteiger partial charge in [-0.1, -0.05) is 20.8 Å². The van der Waals surface area contributed by atoms with Gasteiger partial charge in [-0.3, -0.25) is 0 Å². The minimum atomic E-state index is -3.54. The van der Waals surface area contributed by atoms with Gasteiger partial charge in [0.2, 0.25) is 10.0 Å². The molecule has 0 radical (unpaired) electrons. The SMILES string of the molecule is CCN(CC(C)C)S(=O)(=O)c1ccc(O)c(N)c1. The number of benzene rings is 1. The summed E-state index contributed by atoms with van der Waals surface area (Å²) in [7, 11) is -3.54. The molecular weight excluding hydrogens is 252 g/mol. The van der Waals surface area contributed by atoms with Gasteiger partial charge in [-0.15, -0.1) is 0 Å². The summed E-state index contributed by atoms with van der Waals surface area (Å²) in [5.41, 5.74) is 5.59. The number of nitrogens with zero attached hydrogens (tertiary/aromatic N) is 1. The molecule has 1 aromatic carbocycles. The average molecular weight is 272 g/mol. The number of sulfonamides is 1. The maximum absolute atomic E-state index is 12.4. The van der Waals surface area contributed by atoms with Crippen LogP contribution in [-0.2, 0) is 10.0 Å². The van der Waals surface area contributed by atoms with E-state index in [-0.39, 0.29) is 22.3 Å². The molecule has 6 heteroatoms. The fraction of sp³-hybridized carbons (Fsp3) is 0.500. The first-order chi connectivity index (χ1) is 8.28. The van der Waals surface area contributed by atoms with Crippen molar-refractivity contribution >= 4 is 15.7 Å². The van der Waals surface area contributed by atoms with Gasteiger partial charge < -0.3 is 10.8 Å². The number of aromatic hydroxyl groups is 1. The standard InChI is InChI=1S/C12H20N2O3S/c1-4-14(8-9(2)3)18(16,17)10-5-6-12(15)11(13)7-10/h5-7,9,15H,4,8,13H2,1-3H3. The number of phenols is 1. The Morgan fingerprint density at radius 2 is 2.00 bits per heavy atom. The summed E-state index contributed by atoms with van der Waals surface area (Å²) in [6.45, 7) is 6.58. The van der Waals surface area contributed by atoms with Crippen LogP contribution in [0, 0.1) is 5.92 Å². The predicted octanol–water partition coefficient (Wildman–Crippen LogP) is 1.64. The lowest BCUT2D eigenvalue weighted by Crippen LogP contribution is -2.34. The molecule has 0 unspecified atom stereocenters. The first-order valence-electron chi connectivity index (χ1n) is 5.87. The predicted molar refractivity (Wildman–Crippen MR) is 71.8 cm³/mol. The normalized spacial score (nSPS) is 12.3. The zero-order valence-electron chi connectivity index (χ0n) is 10.9. The van der Waals surface area contributed by atoms with Crippen molar-refractivity contribution in [2.75, 3.05) is 18.8 Å². The lowest BCUT2D eigenvalue weighted by Gasteiger charge is -2.22. The molecule has 0 fully saturated rings. The van der Waals surface area contributed by atoms with Crippen LogP contribution in [0.25, 0.3) is 0 Å². The van der Waals surface area contributed by atoms with Crippen molar-refractivity contribution < 1.29 is 13.5 Å². The van der Waals surface area contributed by atoms with E-state index < -0.39 is 10.0 Å². The zero-order valence-corrected chi connectivity index (χ0v) is 11.7. The van der Waals surface area contributed by atoms with Crippen molar-refractivity contribution in [3.8, 4) is 5.75 Å². The van der Waals surface area contributed by atoms with E-state index in [1.165, 1.54) is 22.5 Å².